The Balaban J connectivity index is 2.51. The van der Waals surface area contributed by atoms with Crippen molar-refractivity contribution < 1.29 is 29.8 Å². The summed E-state index contributed by atoms with van der Waals surface area (Å²) in [4.78, 5) is 39.0. The van der Waals surface area contributed by atoms with Crippen LogP contribution in [0.5, 0.6) is 5.75 Å². The molecule has 0 unspecified atom stereocenters. The molecular formula is C12H14N4O6. The first-order valence-electron chi connectivity index (χ1n) is 6.21. The lowest BCUT2D eigenvalue weighted by atomic mass is 9.86. The van der Waals surface area contributed by atoms with Crippen LogP contribution in [0.4, 0.5) is 4.79 Å². The molecule has 4 amide bonds. The Morgan fingerprint density at radius 3 is 2.36 bits per heavy atom. The van der Waals surface area contributed by atoms with Crippen LogP contribution in [-0.4, -0.2) is 43.8 Å². The molecule has 0 radical (unpaired) electrons. The van der Waals surface area contributed by atoms with E-state index in [4.69, 9.17) is 0 Å². The number of aryl methyl sites for hydroxylation is 1. The van der Waals surface area contributed by atoms with Crippen molar-refractivity contribution in [1.82, 2.24) is 21.1 Å². The highest BCUT2D eigenvalue weighted by Crippen LogP contribution is 2.28. The Hall–Kier alpha value is -2.56. The summed E-state index contributed by atoms with van der Waals surface area (Å²) in [5.74, 6) is -2.48. The number of nitrogens with zero attached hydrogens (tertiary/aromatic N) is 1. The van der Waals surface area contributed by atoms with Gasteiger partial charge in [-0.3, -0.25) is 25.2 Å². The van der Waals surface area contributed by atoms with E-state index < -0.39 is 36.4 Å². The largest absolute Gasteiger partial charge is 0.506 e. The Labute approximate surface area is 124 Å². The third-order valence-electron chi connectivity index (χ3n) is 3.46. The van der Waals surface area contributed by atoms with Crippen LogP contribution in [0, 0.1) is 6.92 Å². The molecule has 1 aliphatic rings. The van der Waals surface area contributed by atoms with Gasteiger partial charge in [-0.15, -0.1) is 0 Å². The summed E-state index contributed by atoms with van der Waals surface area (Å²) in [7, 11) is 0. The van der Waals surface area contributed by atoms with Crippen molar-refractivity contribution in [2.75, 3.05) is 0 Å². The van der Waals surface area contributed by atoms with E-state index >= 15 is 0 Å². The van der Waals surface area contributed by atoms with Crippen molar-refractivity contribution in [1.29, 1.82) is 0 Å². The maximum Gasteiger partial charge on any atom is 0.328 e. The number of carbonyl (C=O) groups is 3. The fraction of sp³-hybridized carbons (Fsp3) is 0.333. The molecular weight excluding hydrogens is 296 g/mol. The van der Waals surface area contributed by atoms with Crippen LogP contribution in [0.3, 0.4) is 0 Å². The Kier molecular flexibility index (Phi) is 4.08. The van der Waals surface area contributed by atoms with Gasteiger partial charge in [-0.05, 0) is 6.92 Å². The van der Waals surface area contributed by atoms with Crippen LogP contribution in [0.1, 0.15) is 16.8 Å². The first-order chi connectivity index (χ1) is 10.4. The maximum absolute atomic E-state index is 12.0. The standard InChI is InChI=1S/C12H14N4O6/c1-5-8(18)7(6(4-17)3-13-5)2-12(16-22)9(19)14-11(21)15-10(12)20/h3,16-18,22H,2,4H2,1H3,(H2,14,15,19,20,21). The smallest absolute Gasteiger partial charge is 0.328 e. The Morgan fingerprint density at radius 2 is 1.86 bits per heavy atom. The fourth-order valence-electron chi connectivity index (χ4n) is 2.14. The van der Waals surface area contributed by atoms with Crippen molar-refractivity contribution >= 4 is 17.8 Å². The van der Waals surface area contributed by atoms with Crippen molar-refractivity contribution in [3.8, 4) is 5.75 Å². The zero-order chi connectivity index (χ0) is 16.5. The SMILES string of the molecule is Cc1ncc(CO)c(CC2(NO)C(=O)NC(=O)NC2=O)c1O. The first-order valence-corrected chi connectivity index (χ1v) is 6.21. The van der Waals surface area contributed by atoms with E-state index in [0.29, 0.717) is 0 Å². The molecule has 1 aromatic rings. The number of aliphatic hydroxyl groups is 1. The minimum atomic E-state index is -2.22. The van der Waals surface area contributed by atoms with Gasteiger partial charge in [0.1, 0.15) is 5.75 Å². The molecule has 1 aliphatic heterocycles. The molecule has 0 aromatic carbocycles. The normalized spacial score (nSPS) is 17.1. The molecule has 2 heterocycles. The lowest BCUT2D eigenvalue weighted by molar-refractivity contribution is -0.145. The lowest BCUT2D eigenvalue weighted by Crippen LogP contribution is -2.72. The summed E-state index contributed by atoms with van der Waals surface area (Å²) in [5.41, 5.74) is -0.181. The monoisotopic (exact) mass is 310 g/mol. The molecule has 10 nitrogen and oxygen atoms in total. The summed E-state index contributed by atoms with van der Waals surface area (Å²) in [6, 6.07) is -1.02. The highest BCUT2D eigenvalue weighted by Gasteiger charge is 2.51. The number of hydrogen-bond acceptors (Lipinski definition) is 8. The number of barbiturate groups is 1. The summed E-state index contributed by atoms with van der Waals surface area (Å²) < 4.78 is 0. The lowest BCUT2D eigenvalue weighted by Gasteiger charge is -2.33. The number of urea groups is 1. The van der Waals surface area contributed by atoms with Gasteiger partial charge in [0, 0.05) is 23.7 Å². The number of hydrogen-bond donors (Lipinski definition) is 6. The number of amides is 4. The first kappa shape index (κ1) is 15.8. The predicted molar refractivity (Wildman–Crippen MR) is 69.6 cm³/mol. The van der Waals surface area contributed by atoms with E-state index in [1.807, 2.05) is 10.6 Å². The summed E-state index contributed by atoms with van der Waals surface area (Å²) in [5, 5.41) is 32.4. The quantitative estimate of drug-likeness (QED) is 0.281. The van der Waals surface area contributed by atoms with E-state index in [0.717, 1.165) is 0 Å². The zero-order valence-corrected chi connectivity index (χ0v) is 11.5. The maximum atomic E-state index is 12.0. The zero-order valence-electron chi connectivity index (χ0n) is 11.5. The molecule has 1 saturated heterocycles. The van der Waals surface area contributed by atoms with Gasteiger partial charge < -0.3 is 15.4 Å². The van der Waals surface area contributed by atoms with Gasteiger partial charge in [0.05, 0.1) is 12.3 Å². The number of aromatic hydroxyl groups is 1. The number of aliphatic hydroxyl groups excluding tert-OH is 1. The number of hydroxylamine groups is 1. The van der Waals surface area contributed by atoms with Gasteiger partial charge in [0.25, 0.3) is 11.8 Å². The molecule has 1 aromatic heterocycles. The molecule has 22 heavy (non-hydrogen) atoms. The predicted octanol–water partition coefficient (Wildman–Crippen LogP) is -1.79. The van der Waals surface area contributed by atoms with Crippen LogP contribution in [0.25, 0.3) is 0 Å². The fourth-order valence-corrected chi connectivity index (χ4v) is 2.14. The number of imide groups is 2. The van der Waals surface area contributed by atoms with Crippen LogP contribution in [0.15, 0.2) is 6.20 Å². The van der Waals surface area contributed by atoms with Crippen molar-refractivity contribution in [3.05, 3.63) is 23.0 Å². The Morgan fingerprint density at radius 1 is 1.27 bits per heavy atom. The molecule has 0 aliphatic carbocycles. The topological polar surface area (TPSA) is 161 Å². The van der Waals surface area contributed by atoms with Gasteiger partial charge in [-0.2, -0.15) is 5.48 Å². The molecule has 0 saturated carbocycles. The van der Waals surface area contributed by atoms with Gasteiger partial charge in [0.2, 0.25) is 5.54 Å². The van der Waals surface area contributed by atoms with Crippen molar-refractivity contribution in [3.63, 3.8) is 0 Å². The van der Waals surface area contributed by atoms with Crippen LogP contribution in [0.2, 0.25) is 0 Å². The molecule has 0 spiro atoms. The molecule has 2 rings (SSSR count). The summed E-state index contributed by atoms with van der Waals surface area (Å²) >= 11 is 0. The van der Waals surface area contributed by atoms with Gasteiger partial charge in [0.15, 0.2) is 0 Å². The molecule has 1 fully saturated rings. The second kappa shape index (κ2) is 5.67. The number of aromatic nitrogens is 1. The molecule has 6 N–H and O–H groups in total. The van der Waals surface area contributed by atoms with Crippen LogP contribution < -0.4 is 16.1 Å². The van der Waals surface area contributed by atoms with Crippen molar-refractivity contribution in [2.45, 2.75) is 25.5 Å². The van der Waals surface area contributed by atoms with E-state index in [2.05, 4.69) is 4.98 Å². The van der Waals surface area contributed by atoms with Gasteiger partial charge in [-0.1, -0.05) is 0 Å². The molecule has 118 valence electrons. The molecule has 10 heteroatoms. The molecule has 0 bridgehead atoms. The van der Waals surface area contributed by atoms with E-state index in [9.17, 15) is 29.8 Å². The van der Waals surface area contributed by atoms with Crippen LogP contribution >= 0.6 is 0 Å². The number of pyridine rings is 1. The van der Waals surface area contributed by atoms with Crippen LogP contribution in [-0.2, 0) is 22.6 Å². The Bertz CT molecular complexity index is 639. The van der Waals surface area contributed by atoms with Gasteiger partial charge >= 0.3 is 6.03 Å². The average Bonchev–Trinajstić information content (AvgIpc) is 2.47. The number of nitrogens with one attached hydrogen (secondary N) is 3. The summed E-state index contributed by atoms with van der Waals surface area (Å²) in [6.07, 6.45) is 0.777. The second-order valence-corrected chi connectivity index (χ2v) is 4.79. The van der Waals surface area contributed by atoms with E-state index in [-0.39, 0.29) is 22.6 Å². The van der Waals surface area contributed by atoms with E-state index in [1.165, 1.54) is 13.1 Å². The van der Waals surface area contributed by atoms with Gasteiger partial charge in [-0.25, -0.2) is 4.79 Å². The minimum absolute atomic E-state index is 0.0520. The average molecular weight is 310 g/mol. The third-order valence-corrected chi connectivity index (χ3v) is 3.46. The second-order valence-electron chi connectivity index (χ2n) is 4.79. The molecule has 0 atom stereocenters. The minimum Gasteiger partial charge on any atom is -0.506 e. The third kappa shape index (κ3) is 2.39. The summed E-state index contributed by atoms with van der Waals surface area (Å²) in [6.45, 7) is 0.990. The van der Waals surface area contributed by atoms with Crippen molar-refractivity contribution in [2.24, 2.45) is 0 Å². The highest BCUT2D eigenvalue weighted by atomic mass is 16.5. The van der Waals surface area contributed by atoms with E-state index in [1.54, 1.807) is 5.48 Å². The highest BCUT2D eigenvalue weighted by molar-refractivity contribution is 6.22. The number of carbonyl (C=O) groups excluding carboxylic acids is 3. The number of rotatable bonds is 4.